The van der Waals surface area contributed by atoms with Crippen LogP contribution in [0.15, 0.2) is 36.4 Å². The van der Waals surface area contributed by atoms with E-state index in [9.17, 15) is 14.4 Å². The molecule has 31 heavy (non-hydrogen) atoms. The minimum Gasteiger partial charge on any atom is -0.304 e. The fourth-order valence-corrected chi connectivity index (χ4v) is 6.26. The van der Waals surface area contributed by atoms with Crippen LogP contribution >= 0.6 is 0 Å². The van der Waals surface area contributed by atoms with Crippen molar-refractivity contribution in [2.45, 2.75) is 13.0 Å². The number of benzene rings is 1. The Hall–Kier alpha value is -2.51. The van der Waals surface area contributed by atoms with Crippen LogP contribution in [-0.4, -0.2) is 65.8 Å². The fourth-order valence-electron chi connectivity index (χ4n) is 6.26. The van der Waals surface area contributed by atoms with E-state index in [1.54, 1.807) is 12.1 Å². The zero-order valence-corrected chi connectivity index (χ0v) is 17.7. The Morgan fingerprint density at radius 3 is 2.10 bits per heavy atom. The molecule has 2 bridgehead atoms. The molecule has 0 unspecified atom stereocenters. The molecule has 6 aliphatic rings. The molecule has 0 spiro atoms. The van der Waals surface area contributed by atoms with Gasteiger partial charge in [-0.25, -0.2) is 0 Å². The molecule has 2 saturated heterocycles. The highest BCUT2D eigenvalue weighted by Gasteiger charge is 2.67. The Kier molecular flexibility index (Phi) is 4.34. The van der Waals surface area contributed by atoms with Crippen molar-refractivity contribution in [3.8, 4) is 0 Å². The summed E-state index contributed by atoms with van der Waals surface area (Å²) in [5.41, 5.74) is 4.22. The van der Waals surface area contributed by atoms with E-state index in [-0.39, 0.29) is 35.5 Å². The van der Waals surface area contributed by atoms with Gasteiger partial charge in [0.15, 0.2) is 0 Å². The second kappa shape index (κ2) is 7.00. The summed E-state index contributed by atoms with van der Waals surface area (Å²) in [5, 5.41) is 1.01. The number of rotatable bonds is 4. The standard InChI is InChI=1S/C24H28N4O3/c1-26-8-10-27(11-9-26)13-14-2-4-15(5-3-14)22(29)25-28-23(30)20-16-6-7-17(19-12-18(16)19)21(20)24(28)31/h2-7,16-21H,8-13H2,1H3,(H,25,29)/t16-,17+,18+,19-,20-,21+. The molecule has 1 aromatic rings. The maximum atomic E-state index is 13.0. The van der Waals surface area contributed by atoms with Gasteiger partial charge in [0, 0.05) is 38.3 Å². The number of hydrogen-bond donors (Lipinski definition) is 1. The first-order valence-corrected chi connectivity index (χ1v) is 11.4. The number of likely N-dealkylation sites (N-methyl/N-ethyl adjacent to an activating group) is 1. The number of carbonyl (C=O) groups excluding carboxylic acids is 3. The van der Waals surface area contributed by atoms with E-state index in [1.807, 2.05) is 12.1 Å². The summed E-state index contributed by atoms with van der Waals surface area (Å²) in [6.45, 7) is 5.08. The molecule has 2 heterocycles. The van der Waals surface area contributed by atoms with Crippen molar-refractivity contribution in [3.63, 3.8) is 0 Å². The van der Waals surface area contributed by atoms with Crippen LogP contribution in [0.25, 0.3) is 0 Å². The number of carbonyl (C=O) groups is 3. The number of amides is 3. The summed E-state index contributed by atoms with van der Waals surface area (Å²) in [5.74, 6) is -0.0427. The Morgan fingerprint density at radius 2 is 1.52 bits per heavy atom. The molecule has 3 amide bonds. The molecule has 2 saturated carbocycles. The minimum atomic E-state index is -0.406. The van der Waals surface area contributed by atoms with Crippen molar-refractivity contribution < 1.29 is 14.4 Å². The van der Waals surface area contributed by atoms with Gasteiger partial charge in [-0.1, -0.05) is 24.3 Å². The van der Waals surface area contributed by atoms with E-state index in [4.69, 9.17) is 0 Å². The van der Waals surface area contributed by atoms with Gasteiger partial charge in [-0.2, -0.15) is 5.01 Å². The molecule has 4 aliphatic carbocycles. The molecule has 7 rings (SSSR count). The van der Waals surface area contributed by atoms with Gasteiger partial charge in [0.25, 0.3) is 17.7 Å². The van der Waals surface area contributed by atoms with E-state index in [0.717, 1.165) is 49.7 Å². The Labute approximate surface area is 182 Å². The van der Waals surface area contributed by atoms with Gasteiger partial charge >= 0.3 is 0 Å². The number of nitrogens with zero attached hydrogens (tertiary/aromatic N) is 3. The zero-order chi connectivity index (χ0) is 21.3. The highest BCUT2D eigenvalue weighted by atomic mass is 16.2. The number of allylic oxidation sites excluding steroid dienone is 2. The summed E-state index contributed by atoms with van der Waals surface area (Å²) in [6.07, 6.45) is 5.40. The van der Waals surface area contributed by atoms with Gasteiger partial charge in [0.05, 0.1) is 11.8 Å². The summed E-state index contributed by atoms with van der Waals surface area (Å²) in [6, 6.07) is 7.47. The molecule has 7 nitrogen and oxygen atoms in total. The fraction of sp³-hybridized carbons (Fsp3) is 0.542. The quantitative estimate of drug-likeness (QED) is 0.584. The molecular weight excluding hydrogens is 392 g/mol. The maximum Gasteiger partial charge on any atom is 0.270 e. The normalized spacial score (nSPS) is 36.5. The predicted octanol–water partition coefficient (Wildman–Crippen LogP) is 1.13. The smallest absolute Gasteiger partial charge is 0.270 e. The third-order valence-electron chi connectivity index (χ3n) is 8.09. The average Bonchev–Trinajstić information content (AvgIpc) is 3.57. The van der Waals surface area contributed by atoms with Gasteiger partial charge in [0.1, 0.15) is 0 Å². The number of hydrogen-bond acceptors (Lipinski definition) is 5. The van der Waals surface area contributed by atoms with E-state index in [1.165, 1.54) is 0 Å². The maximum absolute atomic E-state index is 13.0. The SMILES string of the molecule is CN1CCN(Cc2ccc(C(=O)NN3C(=O)[C@@H]4[C@@H]5C=C[C@@H]([C@H]6C[C@@H]56)[C@@H]4C3=O)cc2)CC1. The highest BCUT2D eigenvalue weighted by molar-refractivity contribution is 6.08. The molecule has 0 aromatic heterocycles. The molecule has 1 N–H and O–H groups in total. The minimum absolute atomic E-state index is 0.159. The van der Waals surface area contributed by atoms with Crippen molar-refractivity contribution in [1.82, 2.24) is 20.2 Å². The molecule has 7 heteroatoms. The van der Waals surface area contributed by atoms with Gasteiger partial charge in [-0.15, -0.1) is 0 Å². The van der Waals surface area contributed by atoms with E-state index in [0.29, 0.717) is 17.4 Å². The summed E-state index contributed by atoms with van der Waals surface area (Å²) >= 11 is 0. The van der Waals surface area contributed by atoms with Gasteiger partial charge in [-0.3, -0.25) is 24.7 Å². The lowest BCUT2D eigenvalue weighted by atomic mass is 9.63. The van der Waals surface area contributed by atoms with E-state index >= 15 is 0 Å². The number of nitrogens with one attached hydrogen (secondary N) is 1. The van der Waals surface area contributed by atoms with E-state index < -0.39 is 5.91 Å². The second-order valence-electron chi connectivity index (χ2n) is 9.88. The third-order valence-corrected chi connectivity index (χ3v) is 8.09. The van der Waals surface area contributed by atoms with Crippen LogP contribution < -0.4 is 5.43 Å². The molecule has 6 atom stereocenters. The molecular formula is C24H28N4O3. The number of imide groups is 1. The number of piperazine rings is 1. The molecule has 2 aliphatic heterocycles. The first kappa shape index (κ1) is 19.2. The Balaban J connectivity index is 1.11. The van der Waals surface area contributed by atoms with Gasteiger partial charge in [-0.05, 0) is 54.8 Å². The molecule has 0 radical (unpaired) electrons. The predicted molar refractivity (Wildman–Crippen MR) is 113 cm³/mol. The summed E-state index contributed by atoms with van der Waals surface area (Å²) < 4.78 is 0. The van der Waals surface area contributed by atoms with Gasteiger partial charge < -0.3 is 4.90 Å². The highest BCUT2D eigenvalue weighted by Crippen LogP contribution is 2.65. The Morgan fingerprint density at radius 1 is 0.935 bits per heavy atom. The largest absolute Gasteiger partial charge is 0.304 e. The summed E-state index contributed by atoms with van der Waals surface area (Å²) in [4.78, 5) is 43.6. The monoisotopic (exact) mass is 420 g/mol. The lowest BCUT2D eigenvalue weighted by Crippen LogP contribution is -2.47. The number of hydrazine groups is 1. The van der Waals surface area contributed by atoms with Crippen molar-refractivity contribution in [3.05, 3.63) is 47.5 Å². The van der Waals surface area contributed by atoms with Crippen molar-refractivity contribution in [1.29, 1.82) is 0 Å². The van der Waals surface area contributed by atoms with Crippen LogP contribution in [-0.2, 0) is 16.1 Å². The van der Waals surface area contributed by atoms with Crippen LogP contribution in [0.4, 0.5) is 0 Å². The van der Waals surface area contributed by atoms with E-state index in [2.05, 4.69) is 34.4 Å². The lowest BCUT2D eigenvalue weighted by Gasteiger charge is -2.37. The van der Waals surface area contributed by atoms with Crippen LogP contribution in [0.1, 0.15) is 22.3 Å². The van der Waals surface area contributed by atoms with Crippen LogP contribution in [0.3, 0.4) is 0 Å². The van der Waals surface area contributed by atoms with Crippen molar-refractivity contribution >= 4 is 17.7 Å². The van der Waals surface area contributed by atoms with Crippen molar-refractivity contribution in [2.24, 2.45) is 35.5 Å². The first-order chi connectivity index (χ1) is 15.0. The first-order valence-electron chi connectivity index (χ1n) is 11.4. The molecule has 1 aromatic carbocycles. The third kappa shape index (κ3) is 3.05. The van der Waals surface area contributed by atoms with Crippen LogP contribution in [0.5, 0.6) is 0 Å². The lowest BCUT2D eigenvalue weighted by molar-refractivity contribution is -0.143. The second-order valence-corrected chi connectivity index (χ2v) is 9.88. The van der Waals surface area contributed by atoms with Crippen LogP contribution in [0, 0.1) is 35.5 Å². The van der Waals surface area contributed by atoms with Crippen molar-refractivity contribution in [2.75, 3.05) is 33.2 Å². The topological polar surface area (TPSA) is 73.0 Å². The average molecular weight is 421 g/mol. The summed E-state index contributed by atoms with van der Waals surface area (Å²) in [7, 11) is 2.14. The van der Waals surface area contributed by atoms with Gasteiger partial charge in [0.2, 0.25) is 0 Å². The zero-order valence-electron chi connectivity index (χ0n) is 17.7. The molecule has 4 fully saturated rings. The molecule has 162 valence electrons. The van der Waals surface area contributed by atoms with Crippen LogP contribution in [0.2, 0.25) is 0 Å². The Bertz CT molecular complexity index is 930.